The first kappa shape index (κ1) is 16.8. The molecule has 3 heteroatoms. The van der Waals surface area contributed by atoms with Gasteiger partial charge in [-0.15, -0.1) is 6.58 Å². The Morgan fingerprint density at radius 1 is 1.08 bits per heavy atom. The van der Waals surface area contributed by atoms with Gasteiger partial charge in [0.2, 0.25) is 0 Å². The van der Waals surface area contributed by atoms with Crippen molar-refractivity contribution in [2.24, 2.45) is 11.8 Å². The highest BCUT2D eigenvalue weighted by atomic mass is 35.5. The van der Waals surface area contributed by atoms with Crippen molar-refractivity contribution in [2.45, 2.75) is 38.0 Å². The molecule has 1 saturated carbocycles. The van der Waals surface area contributed by atoms with Crippen LogP contribution in [0.4, 0.5) is 8.78 Å². The molecule has 0 N–H and O–H groups in total. The second kappa shape index (κ2) is 6.57. The Bertz CT molecular complexity index is 810. The minimum Gasteiger partial charge on any atom is -0.206 e. The standard InChI is InChI=1S/C22H21ClF2/c1-2-13-3-9-17-15(11-13)6-10-18-19(17)12-20(24)21(22(18)25)14-4-7-16(23)8-5-14/h2,4-5,7-8,12-13,15,17H,1,3,6,9-11H2/t13-,15-,17+/m1/s1. The Morgan fingerprint density at radius 2 is 1.84 bits per heavy atom. The van der Waals surface area contributed by atoms with Gasteiger partial charge in [0.15, 0.2) is 0 Å². The highest BCUT2D eigenvalue weighted by Crippen LogP contribution is 2.49. The van der Waals surface area contributed by atoms with Crippen molar-refractivity contribution < 1.29 is 8.78 Å². The van der Waals surface area contributed by atoms with Crippen LogP contribution >= 0.6 is 11.6 Å². The van der Waals surface area contributed by atoms with Gasteiger partial charge in [-0.05, 0) is 84.7 Å². The first-order valence-corrected chi connectivity index (χ1v) is 9.35. The Kier molecular flexibility index (Phi) is 4.41. The van der Waals surface area contributed by atoms with E-state index >= 15 is 4.39 Å². The van der Waals surface area contributed by atoms with E-state index < -0.39 is 5.82 Å². The van der Waals surface area contributed by atoms with Gasteiger partial charge in [0, 0.05) is 5.02 Å². The fourth-order valence-electron chi connectivity index (χ4n) is 4.72. The van der Waals surface area contributed by atoms with E-state index in [0.717, 1.165) is 31.2 Å². The number of allylic oxidation sites excluding steroid dienone is 1. The van der Waals surface area contributed by atoms with Gasteiger partial charge >= 0.3 is 0 Å². The molecular weight excluding hydrogens is 338 g/mol. The zero-order chi connectivity index (χ0) is 17.6. The smallest absolute Gasteiger partial charge is 0.137 e. The van der Waals surface area contributed by atoms with E-state index in [1.54, 1.807) is 30.3 Å². The van der Waals surface area contributed by atoms with E-state index in [9.17, 15) is 4.39 Å². The summed E-state index contributed by atoms with van der Waals surface area (Å²) >= 11 is 5.90. The third-order valence-electron chi connectivity index (χ3n) is 6.01. The van der Waals surface area contributed by atoms with E-state index in [4.69, 9.17) is 11.6 Å². The lowest BCUT2D eigenvalue weighted by atomic mass is 9.65. The number of fused-ring (bicyclic) bond motifs is 3. The molecule has 0 heterocycles. The van der Waals surface area contributed by atoms with Crippen LogP contribution in [0.15, 0.2) is 43.0 Å². The lowest BCUT2D eigenvalue weighted by Crippen LogP contribution is -2.28. The highest BCUT2D eigenvalue weighted by molar-refractivity contribution is 6.30. The highest BCUT2D eigenvalue weighted by Gasteiger charge is 2.36. The topological polar surface area (TPSA) is 0 Å². The van der Waals surface area contributed by atoms with Gasteiger partial charge in [0.1, 0.15) is 11.6 Å². The molecule has 2 aromatic rings. The monoisotopic (exact) mass is 358 g/mol. The molecular formula is C22H21ClF2. The Hall–Kier alpha value is -1.67. The molecule has 2 aliphatic rings. The second-order valence-electron chi connectivity index (χ2n) is 7.34. The molecule has 0 nitrogen and oxygen atoms in total. The first-order chi connectivity index (χ1) is 12.1. The number of hydrogen-bond donors (Lipinski definition) is 0. The Balaban J connectivity index is 1.76. The summed E-state index contributed by atoms with van der Waals surface area (Å²) in [5.74, 6) is 0.491. The molecule has 0 bridgehead atoms. The van der Waals surface area contributed by atoms with E-state index in [-0.39, 0.29) is 17.3 Å². The summed E-state index contributed by atoms with van der Waals surface area (Å²) in [5, 5.41) is 0.560. The van der Waals surface area contributed by atoms with Gasteiger partial charge in [0.25, 0.3) is 0 Å². The molecule has 2 aliphatic carbocycles. The van der Waals surface area contributed by atoms with Crippen molar-refractivity contribution in [3.05, 3.63) is 70.8 Å². The van der Waals surface area contributed by atoms with Gasteiger partial charge in [-0.25, -0.2) is 8.78 Å². The lowest BCUT2D eigenvalue weighted by molar-refractivity contribution is 0.235. The van der Waals surface area contributed by atoms with Crippen LogP contribution in [0.25, 0.3) is 11.1 Å². The van der Waals surface area contributed by atoms with E-state index in [1.165, 1.54) is 0 Å². The van der Waals surface area contributed by atoms with Gasteiger partial charge in [-0.2, -0.15) is 0 Å². The molecule has 3 atom stereocenters. The van der Waals surface area contributed by atoms with Crippen molar-refractivity contribution in [3.63, 3.8) is 0 Å². The molecule has 0 amide bonds. The Morgan fingerprint density at radius 3 is 2.56 bits per heavy atom. The van der Waals surface area contributed by atoms with Crippen LogP contribution in [-0.2, 0) is 6.42 Å². The predicted molar refractivity (Wildman–Crippen MR) is 98.9 cm³/mol. The molecule has 25 heavy (non-hydrogen) atoms. The number of rotatable bonds is 2. The van der Waals surface area contributed by atoms with Gasteiger partial charge in [-0.1, -0.05) is 29.8 Å². The minimum atomic E-state index is -0.468. The number of hydrogen-bond acceptors (Lipinski definition) is 0. The van der Waals surface area contributed by atoms with Crippen molar-refractivity contribution in [1.82, 2.24) is 0 Å². The van der Waals surface area contributed by atoms with Crippen LogP contribution < -0.4 is 0 Å². The summed E-state index contributed by atoms with van der Waals surface area (Å²) in [5.41, 5.74) is 2.23. The van der Waals surface area contributed by atoms with Crippen molar-refractivity contribution in [2.75, 3.05) is 0 Å². The molecule has 0 aliphatic heterocycles. The maximum Gasteiger partial charge on any atom is 0.137 e. The summed E-state index contributed by atoms with van der Waals surface area (Å²) < 4.78 is 30.1. The third-order valence-corrected chi connectivity index (χ3v) is 6.26. The molecule has 0 spiro atoms. The van der Waals surface area contributed by atoms with Crippen LogP contribution in [-0.4, -0.2) is 0 Å². The summed E-state index contributed by atoms with van der Waals surface area (Å²) in [6.45, 7) is 3.92. The summed E-state index contributed by atoms with van der Waals surface area (Å²) in [6.07, 6.45) is 6.85. The molecule has 0 saturated heterocycles. The average Bonchev–Trinajstić information content (AvgIpc) is 2.62. The fraction of sp³-hybridized carbons (Fsp3) is 0.364. The number of halogens is 3. The molecule has 4 rings (SSSR count). The van der Waals surface area contributed by atoms with E-state index in [1.807, 2.05) is 6.08 Å². The predicted octanol–water partition coefficient (Wildman–Crippen LogP) is 6.92. The largest absolute Gasteiger partial charge is 0.206 e. The lowest BCUT2D eigenvalue weighted by Gasteiger charge is -2.40. The summed E-state index contributed by atoms with van der Waals surface area (Å²) in [4.78, 5) is 0. The molecule has 2 aromatic carbocycles. The first-order valence-electron chi connectivity index (χ1n) is 8.97. The summed E-state index contributed by atoms with van der Waals surface area (Å²) in [6, 6.07) is 8.28. The zero-order valence-corrected chi connectivity index (χ0v) is 14.8. The summed E-state index contributed by atoms with van der Waals surface area (Å²) in [7, 11) is 0. The molecule has 0 unspecified atom stereocenters. The SMILES string of the molecule is C=C[C@@H]1CC[C@@H]2c3cc(F)c(-c4ccc(Cl)cc4)c(F)c3CC[C@@H]2C1. The van der Waals surface area contributed by atoms with Crippen molar-refractivity contribution in [3.8, 4) is 11.1 Å². The van der Waals surface area contributed by atoms with Crippen LogP contribution in [0.3, 0.4) is 0 Å². The van der Waals surface area contributed by atoms with Crippen LogP contribution in [0, 0.1) is 23.5 Å². The third kappa shape index (κ3) is 2.91. The zero-order valence-electron chi connectivity index (χ0n) is 14.1. The van der Waals surface area contributed by atoms with Crippen LogP contribution in [0.1, 0.15) is 42.7 Å². The van der Waals surface area contributed by atoms with Crippen LogP contribution in [0.5, 0.6) is 0 Å². The van der Waals surface area contributed by atoms with Gasteiger partial charge in [0.05, 0.1) is 5.56 Å². The fourth-order valence-corrected chi connectivity index (χ4v) is 4.84. The van der Waals surface area contributed by atoms with E-state index in [0.29, 0.717) is 34.4 Å². The normalized spacial score (nSPS) is 25.2. The van der Waals surface area contributed by atoms with Crippen molar-refractivity contribution in [1.29, 1.82) is 0 Å². The molecule has 1 fully saturated rings. The molecule has 130 valence electrons. The van der Waals surface area contributed by atoms with Crippen LogP contribution in [0.2, 0.25) is 5.02 Å². The minimum absolute atomic E-state index is 0.0774. The maximum atomic E-state index is 15.2. The van der Waals surface area contributed by atoms with Crippen molar-refractivity contribution >= 4 is 11.6 Å². The number of benzene rings is 2. The molecule has 0 radical (unpaired) electrons. The maximum absolute atomic E-state index is 15.2. The Labute approximate surface area is 152 Å². The average molecular weight is 359 g/mol. The quantitative estimate of drug-likeness (QED) is 0.511. The second-order valence-corrected chi connectivity index (χ2v) is 7.77. The van der Waals surface area contributed by atoms with Gasteiger partial charge in [-0.3, -0.25) is 0 Å². The molecule has 0 aromatic heterocycles. The van der Waals surface area contributed by atoms with Gasteiger partial charge < -0.3 is 0 Å². The van der Waals surface area contributed by atoms with E-state index in [2.05, 4.69) is 6.58 Å².